The fraction of sp³-hybridized carbons (Fsp3) is 0.474. The fourth-order valence-electron chi connectivity index (χ4n) is 3.12. The average Bonchev–Trinajstić information content (AvgIpc) is 3.31. The predicted molar refractivity (Wildman–Crippen MR) is 103 cm³/mol. The smallest absolute Gasteiger partial charge is 0.191 e. The van der Waals surface area contributed by atoms with Crippen LogP contribution >= 0.6 is 0 Å². The second kappa shape index (κ2) is 9.11. The van der Waals surface area contributed by atoms with E-state index in [0.29, 0.717) is 6.04 Å². The van der Waals surface area contributed by atoms with E-state index in [1.807, 2.05) is 23.1 Å². The molecule has 1 aromatic carbocycles. The Bertz CT molecular complexity index is 637. The van der Waals surface area contributed by atoms with Gasteiger partial charge in [-0.3, -0.25) is 9.67 Å². The summed E-state index contributed by atoms with van der Waals surface area (Å²) in [7, 11) is 0. The van der Waals surface area contributed by atoms with Gasteiger partial charge in [-0.05, 0) is 38.0 Å². The molecule has 1 aromatic heterocycles. The number of hydrogen-bond donors (Lipinski definition) is 2. The van der Waals surface area contributed by atoms with Gasteiger partial charge < -0.3 is 15.5 Å². The van der Waals surface area contributed by atoms with E-state index in [1.165, 1.54) is 5.69 Å². The molecule has 0 bridgehead atoms. The van der Waals surface area contributed by atoms with Crippen LogP contribution in [0, 0.1) is 0 Å². The van der Waals surface area contributed by atoms with Crippen LogP contribution in [-0.4, -0.2) is 48.0 Å². The van der Waals surface area contributed by atoms with Crippen molar-refractivity contribution in [3.05, 3.63) is 48.8 Å². The molecule has 1 unspecified atom stereocenters. The second-order valence-electron chi connectivity index (χ2n) is 6.29. The van der Waals surface area contributed by atoms with Crippen molar-refractivity contribution in [3.8, 4) is 0 Å². The van der Waals surface area contributed by atoms with Gasteiger partial charge in [-0.1, -0.05) is 18.2 Å². The van der Waals surface area contributed by atoms with Crippen molar-refractivity contribution >= 4 is 11.6 Å². The molecule has 6 heteroatoms. The Labute approximate surface area is 149 Å². The number of para-hydroxylation sites is 1. The lowest BCUT2D eigenvalue weighted by Crippen LogP contribution is -2.44. The molecule has 3 rings (SSSR count). The molecule has 2 N–H and O–H groups in total. The molecule has 1 atom stereocenters. The van der Waals surface area contributed by atoms with E-state index >= 15 is 0 Å². The van der Waals surface area contributed by atoms with Crippen LogP contribution in [0.25, 0.3) is 0 Å². The van der Waals surface area contributed by atoms with E-state index in [2.05, 4.69) is 57.9 Å². The zero-order valence-corrected chi connectivity index (χ0v) is 14.9. The standard InChI is InChI=1S/C19H28N6/c1-2-20-19(21-11-6-13-25-14-7-12-22-25)23-17-10-15-24(16-17)18-8-4-3-5-9-18/h3-5,7-9,12,14,17H,2,6,10-11,13,15-16H2,1H3,(H2,20,21,23). The van der Waals surface area contributed by atoms with Crippen LogP contribution in [-0.2, 0) is 6.54 Å². The topological polar surface area (TPSA) is 57.5 Å². The molecule has 0 amide bonds. The minimum absolute atomic E-state index is 0.434. The van der Waals surface area contributed by atoms with Gasteiger partial charge in [0.15, 0.2) is 5.96 Å². The summed E-state index contributed by atoms with van der Waals surface area (Å²) in [6.07, 6.45) is 5.92. The monoisotopic (exact) mass is 340 g/mol. The molecule has 2 aromatic rings. The normalized spacial score (nSPS) is 17.7. The van der Waals surface area contributed by atoms with Gasteiger partial charge >= 0.3 is 0 Å². The molecule has 2 heterocycles. The van der Waals surface area contributed by atoms with Crippen molar-refractivity contribution < 1.29 is 0 Å². The van der Waals surface area contributed by atoms with Gasteiger partial charge in [-0.25, -0.2) is 0 Å². The lowest BCUT2D eigenvalue weighted by atomic mass is 10.3. The summed E-state index contributed by atoms with van der Waals surface area (Å²) in [5, 5.41) is 11.2. The zero-order chi connectivity index (χ0) is 17.3. The van der Waals surface area contributed by atoms with Crippen molar-refractivity contribution in [2.75, 3.05) is 31.1 Å². The summed E-state index contributed by atoms with van der Waals surface area (Å²) in [6, 6.07) is 13.0. The highest BCUT2D eigenvalue weighted by molar-refractivity contribution is 5.80. The van der Waals surface area contributed by atoms with Crippen LogP contribution in [0.3, 0.4) is 0 Å². The van der Waals surface area contributed by atoms with Crippen molar-refractivity contribution in [2.24, 2.45) is 4.99 Å². The molecular formula is C19H28N6. The van der Waals surface area contributed by atoms with E-state index in [4.69, 9.17) is 4.99 Å². The minimum atomic E-state index is 0.434. The van der Waals surface area contributed by atoms with E-state index in [0.717, 1.165) is 51.5 Å². The van der Waals surface area contributed by atoms with Gasteiger partial charge in [0.05, 0.1) is 0 Å². The number of aliphatic imine (C=N–C) groups is 1. The molecule has 1 fully saturated rings. The molecular weight excluding hydrogens is 312 g/mol. The molecule has 0 aliphatic carbocycles. The highest BCUT2D eigenvalue weighted by Gasteiger charge is 2.23. The first-order valence-corrected chi connectivity index (χ1v) is 9.17. The van der Waals surface area contributed by atoms with E-state index < -0.39 is 0 Å². The number of benzene rings is 1. The Hall–Kier alpha value is -2.50. The maximum atomic E-state index is 4.71. The maximum Gasteiger partial charge on any atom is 0.191 e. The van der Waals surface area contributed by atoms with Crippen LogP contribution in [0.4, 0.5) is 5.69 Å². The first-order valence-electron chi connectivity index (χ1n) is 9.17. The Morgan fingerprint density at radius 3 is 2.92 bits per heavy atom. The summed E-state index contributed by atoms with van der Waals surface area (Å²) in [5.74, 6) is 0.919. The van der Waals surface area contributed by atoms with Crippen LogP contribution in [0.2, 0.25) is 0 Å². The highest BCUT2D eigenvalue weighted by Crippen LogP contribution is 2.19. The zero-order valence-electron chi connectivity index (χ0n) is 14.9. The lowest BCUT2D eigenvalue weighted by molar-refractivity contribution is 0.581. The quantitative estimate of drug-likeness (QED) is 0.460. The van der Waals surface area contributed by atoms with Gasteiger partial charge in [0.25, 0.3) is 0 Å². The second-order valence-corrected chi connectivity index (χ2v) is 6.29. The number of anilines is 1. The number of hydrogen-bond acceptors (Lipinski definition) is 3. The van der Waals surface area contributed by atoms with Crippen molar-refractivity contribution in [2.45, 2.75) is 32.4 Å². The molecule has 0 spiro atoms. The van der Waals surface area contributed by atoms with E-state index in [-0.39, 0.29) is 0 Å². The number of aryl methyl sites for hydroxylation is 1. The van der Waals surface area contributed by atoms with Gasteiger partial charge in [-0.2, -0.15) is 5.10 Å². The first kappa shape index (κ1) is 17.3. The maximum absolute atomic E-state index is 4.71. The Kier molecular flexibility index (Phi) is 6.31. The van der Waals surface area contributed by atoms with Crippen molar-refractivity contribution in [1.29, 1.82) is 0 Å². The van der Waals surface area contributed by atoms with E-state index in [9.17, 15) is 0 Å². The van der Waals surface area contributed by atoms with Crippen LogP contribution in [0.1, 0.15) is 19.8 Å². The molecule has 1 aliphatic heterocycles. The molecule has 1 saturated heterocycles. The molecule has 6 nitrogen and oxygen atoms in total. The number of rotatable bonds is 7. The number of aromatic nitrogens is 2. The van der Waals surface area contributed by atoms with Gasteiger partial charge in [-0.15, -0.1) is 0 Å². The Morgan fingerprint density at radius 2 is 2.16 bits per heavy atom. The summed E-state index contributed by atoms with van der Waals surface area (Å²) < 4.78 is 1.95. The van der Waals surface area contributed by atoms with E-state index in [1.54, 1.807) is 0 Å². The summed E-state index contributed by atoms with van der Waals surface area (Å²) in [4.78, 5) is 7.14. The van der Waals surface area contributed by atoms with Crippen molar-refractivity contribution in [1.82, 2.24) is 20.4 Å². The summed E-state index contributed by atoms with van der Waals surface area (Å²) >= 11 is 0. The third kappa shape index (κ3) is 5.24. The third-order valence-electron chi connectivity index (χ3n) is 4.37. The number of guanidine groups is 1. The SMILES string of the molecule is CCNC(=NCCCn1cccn1)NC1CCN(c2ccccc2)C1. The average molecular weight is 340 g/mol. The minimum Gasteiger partial charge on any atom is -0.369 e. The van der Waals surface area contributed by atoms with Crippen LogP contribution in [0.5, 0.6) is 0 Å². The Balaban J connectivity index is 1.47. The van der Waals surface area contributed by atoms with Gasteiger partial charge in [0.1, 0.15) is 0 Å². The molecule has 0 radical (unpaired) electrons. The fourth-order valence-corrected chi connectivity index (χ4v) is 3.12. The van der Waals surface area contributed by atoms with Gasteiger partial charge in [0.2, 0.25) is 0 Å². The molecule has 25 heavy (non-hydrogen) atoms. The molecule has 1 aliphatic rings. The summed E-state index contributed by atoms with van der Waals surface area (Å²) in [5.41, 5.74) is 1.30. The lowest BCUT2D eigenvalue weighted by Gasteiger charge is -2.20. The Morgan fingerprint density at radius 1 is 1.28 bits per heavy atom. The van der Waals surface area contributed by atoms with Crippen LogP contribution in [0.15, 0.2) is 53.8 Å². The molecule has 0 saturated carbocycles. The number of nitrogens with one attached hydrogen (secondary N) is 2. The highest BCUT2D eigenvalue weighted by atomic mass is 15.3. The van der Waals surface area contributed by atoms with Gasteiger partial charge in [0, 0.05) is 56.8 Å². The molecule has 134 valence electrons. The number of nitrogens with zero attached hydrogens (tertiary/aromatic N) is 4. The predicted octanol–water partition coefficient (Wildman–Crippen LogP) is 2.11. The van der Waals surface area contributed by atoms with Crippen LogP contribution < -0.4 is 15.5 Å². The first-order chi connectivity index (χ1) is 12.3. The third-order valence-corrected chi connectivity index (χ3v) is 4.37. The van der Waals surface area contributed by atoms with Crippen molar-refractivity contribution in [3.63, 3.8) is 0 Å². The summed E-state index contributed by atoms with van der Waals surface area (Å²) in [6.45, 7) is 6.78. The largest absolute Gasteiger partial charge is 0.369 e.